The third-order valence-corrected chi connectivity index (χ3v) is 6.04. The van der Waals surface area contributed by atoms with E-state index in [-0.39, 0.29) is 17.3 Å². The summed E-state index contributed by atoms with van der Waals surface area (Å²) in [4.78, 5) is 26.0. The average molecular weight is 460 g/mol. The molecule has 1 N–H and O–H groups in total. The first-order valence-corrected chi connectivity index (χ1v) is 11.2. The first-order chi connectivity index (χ1) is 15.8. The van der Waals surface area contributed by atoms with Gasteiger partial charge in [-0.25, -0.2) is 4.39 Å². The van der Waals surface area contributed by atoms with Crippen molar-refractivity contribution >= 4 is 23.4 Å². The van der Waals surface area contributed by atoms with Crippen molar-refractivity contribution in [2.24, 2.45) is 0 Å². The quantitative estimate of drug-likeness (QED) is 0.416. The van der Waals surface area contributed by atoms with Crippen molar-refractivity contribution in [3.05, 3.63) is 111 Å². The van der Waals surface area contributed by atoms with E-state index in [2.05, 4.69) is 10.4 Å². The lowest BCUT2D eigenvalue weighted by Gasteiger charge is -2.13. The summed E-state index contributed by atoms with van der Waals surface area (Å²) in [5.41, 5.74) is 4.68. The Kier molecular flexibility index (Phi) is 6.42. The van der Waals surface area contributed by atoms with Gasteiger partial charge in [0.05, 0.1) is 5.69 Å². The molecule has 3 aromatic carbocycles. The van der Waals surface area contributed by atoms with Crippen molar-refractivity contribution in [1.29, 1.82) is 0 Å². The fourth-order valence-electron chi connectivity index (χ4n) is 3.57. The molecule has 0 spiro atoms. The Balaban J connectivity index is 1.55. The maximum atomic E-state index is 13.1. The van der Waals surface area contributed by atoms with Gasteiger partial charge in [-0.2, -0.15) is 9.78 Å². The zero-order valence-corrected chi connectivity index (χ0v) is 19.2. The molecule has 1 heterocycles. The molecule has 0 saturated carbocycles. The van der Waals surface area contributed by atoms with Crippen LogP contribution in [0.25, 0.3) is 5.69 Å². The fraction of sp³-hybridized carbons (Fsp3) is 0.115. The van der Waals surface area contributed by atoms with Crippen LogP contribution >= 0.6 is 11.8 Å². The van der Waals surface area contributed by atoms with E-state index >= 15 is 0 Å². The number of rotatable bonds is 5. The Bertz CT molecular complexity index is 1360. The van der Waals surface area contributed by atoms with Crippen molar-refractivity contribution < 1.29 is 9.18 Å². The Morgan fingerprint density at radius 1 is 0.909 bits per heavy atom. The van der Waals surface area contributed by atoms with Gasteiger partial charge in [0.2, 0.25) is 0 Å². The fourth-order valence-corrected chi connectivity index (χ4v) is 4.35. The Morgan fingerprint density at radius 2 is 1.55 bits per heavy atom. The zero-order chi connectivity index (χ0) is 23.5. The lowest BCUT2D eigenvalue weighted by atomic mass is 10.0. The summed E-state index contributed by atoms with van der Waals surface area (Å²) >= 11 is 1.33. The monoisotopic (exact) mass is 459 g/mol. The van der Waals surface area contributed by atoms with Gasteiger partial charge in [-0.3, -0.25) is 9.59 Å². The second-order valence-electron chi connectivity index (χ2n) is 7.75. The molecule has 1 amide bonds. The van der Waals surface area contributed by atoms with Gasteiger partial charge in [-0.05, 0) is 86.5 Å². The molecule has 4 aromatic rings. The molecule has 5 nitrogen and oxygen atoms in total. The molecule has 33 heavy (non-hydrogen) atoms. The van der Waals surface area contributed by atoms with Gasteiger partial charge in [0.1, 0.15) is 10.8 Å². The van der Waals surface area contributed by atoms with Gasteiger partial charge in [0.25, 0.3) is 11.5 Å². The summed E-state index contributed by atoms with van der Waals surface area (Å²) in [6, 6.07) is 19.9. The molecule has 166 valence electrons. The van der Waals surface area contributed by atoms with Crippen molar-refractivity contribution in [3.8, 4) is 5.69 Å². The number of hydrogen-bond donors (Lipinski definition) is 1. The number of amides is 1. The van der Waals surface area contributed by atoms with Crippen molar-refractivity contribution in [3.63, 3.8) is 0 Å². The Hall–Kier alpha value is -3.71. The minimum atomic E-state index is -0.311. The molecule has 0 bridgehead atoms. The van der Waals surface area contributed by atoms with Crippen molar-refractivity contribution in [1.82, 2.24) is 9.78 Å². The third-order valence-electron chi connectivity index (χ3n) is 5.10. The SMILES string of the molecule is Cc1cc(C)c(NC(=O)c2ccc(-n3nc(Sc4ccc(F)cc4)ccc3=O)cc2)c(C)c1. The molecule has 0 aliphatic carbocycles. The normalized spacial score (nSPS) is 10.8. The predicted octanol–water partition coefficient (Wildman–Crippen LogP) is 5.70. The summed E-state index contributed by atoms with van der Waals surface area (Å²) in [6.07, 6.45) is 0. The van der Waals surface area contributed by atoms with E-state index < -0.39 is 0 Å². The van der Waals surface area contributed by atoms with Gasteiger partial charge >= 0.3 is 0 Å². The largest absolute Gasteiger partial charge is 0.322 e. The number of carbonyl (C=O) groups is 1. The first-order valence-electron chi connectivity index (χ1n) is 10.3. The van der Waals surface area contributed by atoms with Crippen LogP contribution in [0.2, 0.25) is 0 Å². The van der Waals surface area contributed by atoms with E-state index in [0.29, 0.717) is 16.3 Å². The molecule has 0 radical (unpaired) electrons. The average Bonchev–Trinajstić information content (AvgIpc) is 2.79. The highest BCUT2D eigenvalue weighted by molar-refractivity contribution is 7.99. The van der Waals surface area contributed by atoms with E-state index in [1.54, 1.807) is 42.5 Å². The van der Waals surface area contributed by atoms with Gasteiger partial charge in [-0.1, -0.05) is 29.5 Å². The molecule has 1 aromatic heterocycles. The van der Waals surface area contributed by atoms with Crippen LogP contribution in [0.15, 0.2) is 87.5 Å². The smallest absolute Gasteiger partial charge is 0.271 e. The maximum absolute atomic E-state index is 13.1. The number of aryl methyl sites for hydroxylation is 3. The third kappa shape index (κ3) is 5.21. The van der Waals surface area contributed by atoms with E-state index in [1.165, 1.54) is 34.6 Å². The van der Waals surface area contributed by atoms with Crippen LogP contribution in [0.5, 0.6) is 0 Å². The van der Waals surface area contributed by atoms with Crippen molar-refractivity contribution in [2.75, 3.05) is 5.32 Å². The number of halogens is 1. The molecule has 0 atom stereocenters. The maximum Gasteiger partial charge on any atom is 0.271 e. The second kappa shape index (κ2) is 9.42. The molecule has 0 saturated heterocycles. The van der Waals surface area contributed by atoms with Crippen LogP contribution in [-0.4, -0.2) is 15.7 Å². The lowest BCUT2D eigenvalue weighted by molar-refractivity contribution is 0.102. The second-order valence-corrected chi connectivity index (χ2v) is 8.85. The molecule has 0 unspecified atom stereocenters. The van der Waals surface area contributed by atoms with E-state index in [1.807, 2.05) is 32.9 Å². The zero-order valence-electron chi connectivity index (χ0n) is 18.4. The van der Waals surface area contributed by atoms with E-state index in [0.717, 1.165) is 27.3 Å². The highest BCUT2D eigenvalue weighted by Gasteiger charge is 2.12. The number of nitrogens with zero attached hydrogens (tertiary/aromatic N) is 2. The highest BCUT2D eigenvalue weighted by atomic mass is 32.2. The Labute approximate surface area is 195 Å². The predicted molar refractivity (Wildman–Crippen MR) is 129 cm³/mol. The van der Waals surface area contributed by atoms with Gasteiger partial charge in [0, 0.05) is 22.2 Å². The number of aromatic nitrogens is 2. The van der Waals surface area contributed by atoms with Crippen LogP contribution in [0.3, 0.4) is 0 Å². The molecular weight excluding hydrogens is 437 g/mol. The minimum Gasteiger partial charge on any atom is -0.322 e. The molecule has 0 fully saturated rings. The molecule has 0 aliphatic heterocycles. The van der Waals surface area contributed by atoms with Crippen LogP contribution in [-0.2, 0) is 0 Å². The lowest BCUT2D eigenvalue weighted by Crippen LogP contribution is -2.20. The molecular formula is C26H22FN3O2S. The highest BCUT2D eigenvalue weighted by Crippen LogP contribution is 2.26. The Morgan fingerprint density at radius 3 is 2.18 bits per heavy atom. The van der Waals surface area contributed by atoms with Gasteiger partial charge in [0.15, 0.2) is 0 Å². The van der Waals surface area contributed by atoms with Gasteiger partial charge < -0.3 is 5.32 Å². The number of anilines is 1. The van der Waals surface area contributed by atoms with Crippen LogP contribution in [0, 0.1) is 26.6 Å². The van der Waals surface area contributed by atoms with Gasteiger partial charge in [-0.15, -0.1) is 0 Å². The summed E-state index contributed by atoms with van der Waals surface area (Å²) in [6.45, 7) is 5.95. The summed E-state index contributed by atoms with van der Waals surface area (Å²) < 4.78 is 14.4. The number of hydrogen-bond acceptors (Lipinski definition) is 4. The molecule has 0 aliphatic rings. The van der Waals surface area contributed by atoms with Crippen LogP contribution < -0.4 is 10.9 Å². The van der Waals surface area contributed by atoms with E-state index in [4.69, 9.17) is 0 Å². The molecule has 7 heteroatoms. The topological polar surface area (TPSA) is 64.0 Å². The first kappa shape index (κ1) is 22.5. The number of nitrogens with one attached hydrogen (secondary N) is 1. The van der Waals surface area contributed by atoms with Crippen molar-refractivity contribution in [2.45, 2.75) is 30.7 Å². The van der Waals surface area contributed by atoms with Crippen LogP contribution in [0.1, 0.15) is 27.0 Å². The standard InChI is InChI=1S/C26H22FN3O2S/c1-16-14-17(2)25(18(3)15-16)28-26(32)19-4-8-21(9-5-19)30-24(31)13-12-23(29-30)33-22-10-6-20(27)7-11-22/h4-15H,1-3H3,(H,28,32). The summed E-state index contributed by atoms with van der Waals surface area (Å²) in [5, 5.41) is 7.98. The van der Waals surface area contributed by atoms with E-state index in [9.17, 15) is 14.0 Å². The summed E-state index contributed by atoms with van der Waals surface area (Å²) in [5.74, 6) is -0.536. The molecule has 4 rings (SSSR count). The summed E-state index contributed by atoms with van der Waals surface area (Å²) in [7, 11) is 0. The van der Waals surface area contributed by atoms with Crippen LogP contribution in [0.4, 0.5) is 10.1 Å². The minimum absolute atomic E-state index is 0.225. The number of carbonyl (C=O) groups excluding carboxylic acids is 1. The number of benzene rings is 3.